The number of hydrogen-bond acceptors (Lipinski definition) is 4. The van der Waals surface area contributed by atoms with Crippen LogP contribution in [0.1, 0.15) is 10.4 Å². The minimum Gasteiger partial charge on any atom is -0.508 e. The summed E-state index contributed by atoms with van der Waals surface area (Å²) in [5.74, 6) is 0.419. The molecular formula is C15H12N2O3. The van der Waals surface area contributed by atoms with E-state index in [1.165, 1.54) is 7.11 Å². The van der Waals surface area contributed by atoms with Gasteiger partial charge in [0.15, 0.2) is 0 Å². The van der Waals surface area contributed by atoms with Gasteiger partial charge in [0.25, 0.3) is 0 Å². The van der Waals surface area contributed by atoms with Crippen molar-refractivity contribution in [3.8, 4) is 17.1 Å². The highest BCUT2D eigenvalue weighted by Crippen LogP contribution is 2.24. The molecule has 1 aromatic carbocycles. The summed E-state index contributed by atoms with van der Waals surface area (Å²) in [6.45, 7) is 0. The van der Waals surface area contributed by atoms with Gasteiger partial charge < -0.3 is 9.84 Å². The minimum atomic E-state index is -0.405. The van der Waals surface area contributed by atoms with Crippen LogP contribution in [-0.4, -0.2) is 27.6 Å². The maximum atomic E-state index is 11.7. The van der Waals surface area contributed by atoms with E-state index in [1.807, 2.05) is 12.3 Å². The van der Waals surface area contributed by atoms with Gasteiger partial charge in [0.1, 0.15) is 11.6 Å². The molecule has 0 amide bonds. The maximum Gasteiger partial charge on any atom is 0.340 e. The van der Waals surface area contributed by atoms with Crippen molar-refractivity contribution in [1.29, 1.82) is 0 Å². The standard InChI is InChI=1S/C15H12N2O3/c1-20-15(19)12-6-3-7-17-13(12)9-16-14(17)10-4-2-5-11(18)8-10/h2-9,18H,1H3. The lowest BCUT2D eigenvalue weighted by Crippen LogP contribution is -2.03. The van der Waals surface area contributed by atoms with Gasteiger partial charge in [-0.15, -0.1) is 0 Å². The van der Waals surface area contributed by atoms with Crippen LogP contribution in [-0.2, 0) is 4.74 Å². The van der Waals surface area contributed by atoms with Crippen LogP contribution in [0.3, 0.4) is 0 Å². The van der Waals surface area contributed by atoms with Crippen LogP contribution in [0.15, 0.2) is 48.8 Å². The van der Waals surface area contributed by atoms with Crippen LogP contribution < -0.4 is 0 Å². The molecule has 0 spiro atoms. The molecule has 5 heteroatoms. The molecule has 5 nitrogen and oxygen atoms in total. The SMILES string of the molecule is COC(=O)c1cccn2c(-c3cccc(O)c3)ncc12. The van der Waals surface area contributed by atoms with Crippen molar-refractivity contribution in [2.75, 3.05) is 7.11 Å². The largest absolute Gasteiger partial charge is 0.508 e. The number of rotatable bonds is 2. The van der Waals surface area contributed by atoms with Crippen molar-refractivity contribution in [2.24, 2.45) is 0 Å². The zero-order chi connectivity index (χ0) is 14.1. The molecule has 100 valence electrons. The molecule has 0 atom stereocenters. The summed E-state index contributed by atoms with van der Waals surface area (Å²) in [7, 11) is 1.35. The van der Waals surface area contributed by atoms with E-state index < -0.39 is 5.97 Å². The maximum absolute atomic E-state index is 11.7. The zero-order valence-corrected chi connectivity index (χ0v) is 10.8. The molecule has 0 aliphatic heterocycles. The van der Waals surface area contributed by atoms with Crippen molar-refractivity contribution >= 4 is 11.5 Å². The lowest BCUT2D eigenvalue weighted by molar-refractivity contribution is 0.0602. The molecule has 0 unspecified atom stereocenters. The van der Waals surface area contributed by atoms with Gasteiger partial charge in [-0.25, -0.2) is 9.78 Å². The Labute approximate surface area is 115 Å². The van der Waals surface area contributed by atoms with Crippen molar-refractivity contribution < 1.29 is 14.6 Å². The normalized spacial score (nSPS) is 10.7. The number of pyridine rings is 1. The Kier molecular flexibility index (Phi) is 2.87. The van der Waals surface area contributed by atoms with E-state index in [0.717, 1.165) is 5.56 Å². The number of carbonyl (C=O) groups excluding carboxylic acids is 1. The van der Waals surface area contributed by atoms with Crippen LogP contribution in [0.4, 0.5) is 0 Å². The van der Waals surface area contributed by atoms with E-state index in [0.29, 0.717) is 16.9 Å². The Morgan fingerprint density at radius 2 is 2.15 bits per heavy atom. The van der Waals surface area contributed by atoms with Gasteiger partial charge >= 0.3 is 5.97 Å². The Balaban J connectivity index is 2.22. The third-order valence-electron chi connectivity index (χ3n) is 3.08. The monoisotopic (exact) mass is 268 g/mol. The highest BCUT2D eigenvalue weighted by Gasteiger charge is 2.14. The second kappa shape index (κ2) is 4.70. The summed E-state index contributed by atoms with van der Waals surface area (Å²) in [5.41, 5.74) is 1.89. The third kappa shape index (κ3) is 1.89. The van der Waals surface area contributed by atoms with Crippen molar-refractivity contribution in [3.63, 3.8) is 0 Å². The number of aromatic nitrogens is 2. The van der Waals surface area contributed by atoms with E-state index in [4.69, 9.17) is 4.74 Å². The zero-order valence-electron chi connectivity index (χ0n) is 10.8. The quantitative estimate of drug-likeness (QED) is 0.725. The number of fused-ring (bicyclic) bond motifs is 1. The molecule has 3 rings (SSSR count). The average Bonchev–Trinajstić information content (AvgIpc) is 2.90. The number of methoxy groups -OCH3 is 1. The van der Waals surface area contributed by atoms with Crippen LogP contribution in [0.5, 0.6) is 5.75 Å². The molecular weight excluding hydrogens is 256 g/mol. The molecule has 0 radical (unpaired) electrons. The van der Waals surface area contributed by atoms with Gasteiger partial charge in [-0.05, 0) is 24.3 Å². The first-order chi connectivity index (χ1) is 9.70. The number of carbonyl (C=O) groups is 1. The van der Waals surface area contributed by atoms with E-state index in [1.54, 1.807) is 40.9 Å². The summed E-state index contributed by atoms with van der Waals surface area (Å²) >= 11 is 0. The van der Waals surface area contributed by atoms with Crippen molar-refractivity contribution in [1.82, 2.24) is 9.38 Å². The molecule has 1 N–H and O–H groups in total. The molecule has 0 saturated heterocycles. The number of imidazole rings is 1. The van der Waals surface area contributed by atoms with Crippen LogP contribution >= 0.6 is 0 Å². The molecule has 20 heavy (non-hydrogen) atoms. The Bertz CT molecular complexity index is 793. The average molecular weight is 268 g/mol. The number of phenols is 1. The van der Waals surface area contributed by atoms with Crippen LogP contribution in [0.25, 0.3) is 16.9 Å². The van der Waals surface area contributed by atoms with Gasteiger partial charge in [0.2, 0.25) is 0 Å². The fourth-order valence-corrected chi connectivity index (χ4v) is 2.16. The molecule has 0 fully saturated rings. The first-order valence-corrected chi connectivity index (χ1v) is 6.04. The number of aromatic hydroxyl groups is 1. The Morgan fingerprint density at radius 3 is 2.90 bits per heavy atom. The Morgan fingerprint density at radius 1 is 1.30 bits per heavy atom. The van der Waals surface area contributed by atoms with Crippen LogP contribution in [0.2, 0.25) is 0 Å². The summed E-state index contributed by atoms with van der Waals surface area (Å²) < 4.78 is 6.55. The first-order valence-electron chi connectivity index (χ1n) is 6.04. The van der Waals surface area contributed by atoms with Gasteiger partial charge in [-0.2, -0.15) is 0 Å². The number of ether oxygens (including phenoxy) is 1. The van der Waals surface area contributed by atoms with E-state index in [2.05, 4.69) is 4.98 Å². The third-order valence-corrected chi connectivity index (χ3v) is 3.08. The lowest BCUT2D eigenvalue weighted by Gasteiger charge is -2.05. The lowest BCUT2D eigenvalue weighted by atomic mass is 10.2. The topological polar surface area (TPSA) is 63.8 Å². The highest BCUT2D eigenvalue weighted by atomic mass is 16.5. The number of hydrogen-bond donors (Lipinski definition) is 1. The number of benzene rings is 1. The fraction of sp³-hybridized carbons (Fsp3) is 0.0667. The molecule has 3 aromatic rings. The molecule has 0 bridgehead atoms. The van der Waals surface area contributed by atoms with Gasteiger partial charge in [0.05, 0.1) is 24.4 Å². The summed E-state index contributed by atoms with van der Waals surface area (Å²) in [6.07, 6.45) is 3.43. The molecule has 0 saturated carbocycles. The molecule has 2 heterocycles. The number of nitrogens with zero attached hydrogens (tertiary/aromatic N) is 2. The fourth-order valence-electron chi connectivity index (χ4n) is 2.16. The van der Waals surface area contributed by atoms with Crippen LogP contribution in [0, 0.1) is 0 Å². The highest BCUT2D eigenvalue weighted by molar-refractivity contribution is 5.97. The second-order valence-corrected chi connectivity index (χ2v) is 4.30. The Hall–Kier alpha value is -2.82. The van der Waals surface area contributed by atoms with E-state index in [-0.39, 0.29) is 5.75 Å². The first kappa shape index (κ1) is 12.2. The second-order valence-electron chi connectivity index (χ2n) is 4.30. The van der Waals surface area contributed by atoms with Gasteiger partial charge in [-0.1, -0.05) is 12.1 Å². The molecule has 0 aliphatic carbocycles. The van der Waals surface area contributed by atoms with E-state index in [9.17, 15) is 9.90 Å². The number of esters is 1. The van der Waals surface area contributed by atoms with Gasteiger partial charge in [-0.3, -0.25) is 4.40 Å². The van der Waals surface area contributed by atoms with Crippen molar-refractivity contribution in [3.05, 3.63) is 54.4 Å². The molecule has 0 aliphatic rings. The van der Waals surface area contributed by atoms with Crippen molar-refractivity contribution in [2.45, 2.75) is 0 Å². The predicted molar refractivity (Wildman–Crippen MR) is 73.6 cm³/mol. The minimum absolute atomic E-state index is 0.170. The van der Waals surface area contributed by atoms with Gasteiger partial charge in [0, 0.05) is 11.8 Å². The summed E-state index contributed by atoms with van der Waals surface area (Å²) in [4.78, 5) is 16.1. The smallest absolute Gasteiger partial charge is 0.340 e. The van der Waals surface area contributed by atoms with E-state index >= 15 is 0 Å². The predicted octanol–water partition coefficient (Wildman–Crippen LogP) is 2.49. The number of phenolic OH excluding ortho intramolecular Hbond substituents is 1. The summed E-state index contributed by atoms with van der Waals surface area (Å²) in [6, 6.07) is 10.3. The summed E-state index contributed by atoms with van der Waals surface area (Å²) in [5, 5.41) is 9.55. The molecule has 2 aromatic heterocycles.